The third-order valence-electron chi connectivity index (χ3n) is 5.63. The number of hydrogen-bond acceptors (Lipinski definition) is 4. The standard InChI is InChI=1S/C20H25N3O4/c24-19(13-4-1-2-5-13)21-11-18-22-16-10-14(20(25)26)7-8-17(16)23(18)12-15-6-3-9-27-15/h7-8,10,13,15H,1-6,9,11-12H2,(H,21,24)(H,25,26). The van der Waals surface area contributed by atoms with Gasteiger partial charge in [-0.25, -0.2) is 9.78 Å². The fourth-order valence-electron chi connectivity index (χ4n) is 4.14. The molecule has 7 heteroatoms. The predicted molar refractivity (Wildman–Crippen MR) is 99.5 cm³/mol. The van der Waals surface area contributed by atoms with Gasteiger partial charge in [-0.1, -0.05) is 12.8 Å². The number of carboxylic acids is 1. The van der Waals surface area contributed by atoms with Gasteiger partial charge < -0.3 is 19.7 Å². The number of hydrogen-bond donors (Lipinski definition) is 2. The van der Waals surface area contributed by atoms with Crippen LogP contribution in [-0.4, -0.2) is 39.2 Å². The molecule has 1 aliphatic carbocycles. The van der Waals surface area contributed by atoms with E-state index in [4.69, 9.17) is 4.74 Å². The molecule has 2 N–H and O–H groups in total. The summed E-state index contributed by atoms with van der Waals surface area (Å²) in [6, 6.07) is 4.98. The maximum atomic E-state index is 12.4. The van der Waals surface area contributed by atoms with Gasteiger partial charge in [0.15, 0.2) is 0 Å². The SMILES string of the molecule is O=C(O)c1ccc2c(c1)nc(CNC(=O)C1CCCC1)n2CC1CCCO1. The highest BCUT2D eigenvalue weighted by Crippen LogP contribution is 2.25. The van der Waals surface area contributed by atoms with Crippen molar-refractivity contribution in [3.05, 3.63) is 29.6 Å². The first-order chi connectivity index (χ1) is 13.1. The van der Waals surface area contributed by atoms with Gasteiger partial charge in [0.1, 0.15) is 5.82 Å². The van der Waals surface area contributed by atoms with Crippen LogP contribution in [0.25, 0.3) is 11.0 Å². The van der Waals surface area contributed by atoms with E-state index >= 15 is 0 Å². The number of carbonyl (C=O) groups is 2. The number of carboxylic acid groups (broad SMARTS) is 1. The molecule has 1 aromatic heterocycles. The fourth-order valence-corrected chi connectivity index (χ4v) is 4.14. The molecule has 1 unspecified atom stereocenters. The minimum atomic E-state index is -0.971. The Hall–Kier alpha value is -2.41. The zero-order valence-electron chi connectivity index (χ0n) is 15.3. The van der Waals surface area contributed by atoms with E-state index in [1.54, 1.807) is 18.2 Å². The van der Waals surface area contributed by atoms with E-state index in [1.165, 1.54) is 0 Å². The molecule has 1 saturated carbocycles. The first-order valence-electron chi connectivity index (χ1n) is 9.73. The van der Waals surface area contributed by atoms with Gasteiger partial charge in [-0.3, -0.25) is 4.79 Å². The number of benzene rings is 1. The van der Waals surface area contributed by atoms with Crippen molar-refractivity contribution in [2.75, 3.05) is 6.61 Å². The van der Waals surface area contributed by atoms with E-state index in [0.717, 1.165) is 56.5 Å². The summed E-state index contributed by atoms with van der Waals surface area (Å²) >= 11 is 0. The number of nitrogens with one attached hydrogen (secondary N) is 1. The molecule has 2 fully saturated rings. The normalized spacial score (nSPS) is 20.4. The average molecular weight is 371 g/mol. The van der Waals surface area contributed by atoms with Crippen molar-refractivity contribution >= 4 is 22.9 Å². The molecule has 27 heavy (non-hydrogen) atoms. The van der Waals surface area contributed by atoms with Crippen molar-refractivity contribution in [3.63, 3.8) is 0 Å². The number of carbonyl (C=O) groups excluding carboxylic acids is 1. The Kier molecular flexibility index (Phi) is 5.11. The van der Waals surface area contributed by atoms with E-state index in [0.29, 0.717) is 18.6 Å². The molecule has 7 nitrogen and oxygen atoms in total. The summed E-state index contributed by atoms with van der Waals surface area (Å²) in [7, 11) is 0. The molecular formula is C20H25N3O4. The Morgan fingerprint density at radius 1 is 1.22 bits per heavy atom. The van der Waals surface area contributed by atoms with Crippen LogP contribution in [-0.2, 0) is 22.6 Å². The first kappa shape index (κ1) is 18.0. The number of aromatic nitrogens is 2. The summed E-state index contributed by atoms with van der Waals surface area (Å²) in [5, 5.41) is 12.3. The Morgan fingerprint density at radius 3 is 2.74 bits per heavy atom. The average Bonchev–Trinajstić information content (AvgIpc) is 3.41. The molecule has 1 atom stereocenters. The fraction of sp³-hybridized carbons (Fsp3) is 0.550. The number of fused-ring (bicyclic) bond motifs is 1. The zero-order chi connectivity index (χ0) is 18.8. The summed E-state index contributed by atoms with van der Waals surface area (Å²) in [5.74, 6) is -0.0231. The second-order valence-corrected chi connectivity index (χ2v) is 7.48. The van der Waals surface area contributed by atoms with E-state index in [2.05, 4.69) is 14.9 Å². The largest absolute Gasteiger partial charge is 0.478 e. The molecule has 1 aliphatic heterocycles. The third-order valence-corrected chi connectivity index (χ3v) is 5.63. The van der Waals surface area contributed by atoms with Gasteiger partial charge in [-0.2, -0.15) is 0 Å². The van der Waals surface area contributed by atoms with Crippen molar-refractivity contribution < 1.29 is 19.4 Å². The molecule has 2 aliphatic rings. The van der Waals surface area contributed by atoms with Crippen LogP contribution in [0.4, 0.5) is 0 Å². The molecule has 0 bridgehead atoms. The lowest BCUT2D eigenvalue weighted by Crippen LogP contribution is -2.30. The minimum Gasteiger partial charge on any atom is -0.478 e. The number of nitrogens with zero attached hydrogens (tertiary/aromatic N) is 2. The van der Waals surface area contributed by atoms with Crippen LogP contribution in [0, 0.1) is 5.92 Å². The molecule has 144 valence electrons. The van der Waals surface area contributed by atoms with Gasteiger partial charge in [0, 0.05) is 12.5 Å². The predicted octanol–water partition coefficient (Wildman–Crippen LogP) is 2.72. The van der Waals surface area contributed by atoms with Gasteiger partial charge in [0.05, 0.1) is 35.8 Å². The van der Waals surface area contributed by atoms with Gasteiger partial charge in [-0.15, -0.1) is 0 Å². The number of amides is 1. The highest BCUT2D eigenvalue weighted by Gasteiger charge is 2.24. The number of imidazole rings is 1. The smallest absolute Gasteiger partial charge is 0.335 e. The van der Waals surface area contributed by atoms with Crippen LogP contribution in [0.15, 0.2) is 18.2 Å². The summed E-state index contributed by atoms with van der Waals surface area (Å²) in [6.45, 7) is 1.78. The maximum Gasteiger partial charge on any atom is 0.335 e. The molecule has 0 spiro atoms. The lowest BCUT2D eigenvalue weighted by atomic mass is 10.1. The van der Waals surface area contributed by atoms with Crippen LogP contribution >= 0.6 is 0 Å². The topological polar surface area (TPSA) is 93.5 Å². The van der Waals surface area contributed by atoms with E-state index in [1.807, 2.05) is 0 Å². The summed E-state index contributed by atoms with van der Waals surface area (Å²) in [4.78, 5) is 28.3. The minimum absolute atomic E-state index is 0.0921. The molecule has 1 aromatic carbocycles. The Morgan fingerprint density at radius 2 is 2.04 bits per heavy atom. The van der Waals surface area contributed by atoms with E-state index in [9.17, 15) is 14.7 Å². The summed E-state index contributed by atoms with van der Waals surface area (Å²) < 4.78 is 7.83. The van der Waals surface area contributed by atoms with Crippen LogP contribution in [0.1, 0.15) is 54.7 Å². The van der Waals surface area contributed by atoms with Crippen molar-refractivity contribution in [3.8, 4) is 0 Å². The molecular weight excluding hydrogens is 346 g/mol. The number of aromatic carboxylic acids is 1. The second-order valence-electron chi connectivity index (χ2n) is 7.48. The van der Waals surface area contributed by atoms with Crippen LogP contribution in [0.5, 0.6) is 0 Å². The lowest BCUT2D eigenvalue weighted by Gasteiger charge is -2.15. The van der Waals surface area contributed by atoms with Gasteiger partial charge in [0.2, 0.25) is 5.91 Å². The molecule has 1 saturated heterocycles. The maximum absolute atomic E-state index is 12.4. The van der Waals surface area contributed by atoms with Crippen molar-refractivity contribution in [2.45, 2.75) is 57.7 Å². The first-order valence-corrected chi connectivity index (χ1v) is 9.73. The van der Waals surface area contributed by atoms with Crippen LogP contribution < -0.4 is 5.32 Å². The Bertz CT molecular complexity index is 848. The summed E-state index contributed by atoms with van der Waals surface area (Å²) in [5.41, 5.74) is 1.73. The second kappa shape index (κ2) is 7.68. The quantitative estimate of drug-likeness (QED) is 0.814. The highest BCUT2D eigenvalue weighted by atomic mass is 16.5. The Labute approximate surface area is 157 Å². The van der Waals surface area contributed by atoms with Crippen LogP contribution in [0.2, 0.25) is 0 Å². The van der Waals surface area contributed by atoms with Crippen molar-refractivity contribution in [1.82, 2.24) is 14.9 Å². The van der Waals surface area contributed by atoms with Gasteiger partial charge in [0.25, 0.3) is 0 Å². The lowest BCUT2D eigenvalue weighted by molar-refractivity contribution is -0.125. The van der Waals surface area contributed by atoms with Crippen LogP contribution in [0.3, 0.4) is 0 Å². The third kappa shape index (κ3) is 3.83. The zero-order valence-corrected chi connectivity index (χ0v) is 15.3. The Balaban J connectivity index is 1.59. The molecule has 1 amide bonds. The molecule has 4 rings (SSSR count). The number of rotatable bonds is 6. The van der Waals surface area contributed by atoms with Crippen molar-refractivity contribution in [2.24, 2.45) is 5.92 Å². The van der Waals surface area contributed by atoms with Crippen molar-refractivity contribution in [1.29, 1.82) is 0 Å². The van der Waals surface area contributed by atoms with E-state index < -0.39 is 5.97 Å². The van der Waals surface area contributed by atoms with E-state index in [-0.39, 0.29) is 23.5 Å². The van der Waals surface area contributed by atoms with Gasteiger partial charge in [-0.05, 0) is 43.9 Å². The highest BCUT2D eigenvalue weighted by molar-refractivity contribution is 5.92. The molecule has 2 aromatic rings. The summed E-state index contributed by atoms with van der Waals surface area (Å²) in [6.07, 6.45) is 6.34. The monoisotopic (exact) mass is 371 g/mol. The number of ether oxygens (including phenoxy) is 1. The van der Waals surface area contributed by atoms with Gasteiger partial charge >= 0.3 is 5.97 Å². The molecule has 0 radical (unpaired) electrons. The molecule has 2 heterocycles.